The van der Waals surface area contributed by atoms with Crippen molar-refractivity contribution in [3.05, 3.63) is 21.0 Å². The minimum absolute atomic E-state index is 0.0916. The highest BCUT2D eigenvalue weighted by molar-refractivity contribution is 9.10. The number of nitrogens with zero attached hydrogens (tertiary/aromatic N) is 3. The van der Waals surface area contributed by atoms with Crippen LogP contribution < -0.4 is 15.8 Å². The van der Waals surface area contributed by atoms with Crippen LogP contribution in [0.15, 0.2) is 15.5 Å². The molecule has 1 aromatic heterocycles. The van der Waals surface area contributed by atoms with E-state index in [0.29, 0.717) is 4.47 Å². The van der Waals surface area contributed by atoms with Crippen LogP contribution in [0.1, 0.15) is 0 Å². The topological polar surface area (TPSA) is 50.2 Å². The van der Waals surface area contributed by atoms with Crippen LogP contribution in [-0.4, -0.2) is 36.0 Å². The average molecular weight is 273 g/mol. The number of aromatic nitrogens is 2. The van der Waals surface area contributed by atoms with Gasteiger partial charge >= 0.3 is 0 Å². The van der Waals surface area contributed by atoms with Crippen molar-refractivity contribution < 1.29 is 0 Å². The number of rotatable bonds is 1. The van der Waals surface area contributed by atoms with Crippen molar-refractivity contribution in [3.63, 3.8) is 0 Å². The van der Waals surface area contributed by atoms with Gasteiger partial charge in [0.2, 0.25) is 0 Å². The highest BCUT2D eigenvalue weighted by atomic mass is 79.9. The predicted molar refractivity (Wildman–Crippen MR) is 62.3 cm³/mol. The standard InChI is InChI=1S/C9H13BrN4O/c1-13-9(15)8(10)7(6-12-13)14-4-2-11-3-5-14/h6,11H,2-5H2,1H3. The molecule has 0 bridgehead atoms. The second kappa shape index (κ2) is 4.32. The third-order valence-corrected chi connectivity index (χ3v) is 3.26. The molecule has 2 heterocycles. The lowest BCUT2D eigenvalue weighted by molar-refractivity contribution is 0.584. The molecule has 1 aliphatic heterocycles. The molecule has 5 nitrogen and oxygen atoms in total. The summed E-state index contributed by atoms with van der Waals surface area (Å²) in [6, 6.07) is 0. The fraction of sp³-hybridized carbons (Fsp3) is 0.556. The van der Waals surface area contributed by atoms with Gasteiger partial charge in [-0.1, -0.05) is 0 Å². The Balaban J connectivity index is 2.35. The minimum atomic E-state index is -0.0916. The van der Waals surface area contributed by atoms with Crippen LogP contribution in [0.25, 0.3) is 0 Å². The van der Waals surface area contributed by atoms with Gasteiger partial charge < -0.3 is 10.2 Å². The van der Waals surface area contributed by atoms with Crippen LogP contribution in [-0.2, 0) is 7.05 Å². The Morgan fingerprint density at radius 1 is 1.47 bits per heavy atom. The molecule has 0 spiro atoms. The maximum atomic E-state index is 11.6. The van der Waals surface area contributed by atoms with E-state index < -0.39 is 0 Å². The molecule has 0 aromatic carbocycles. The third kappa shape index (κ3) is 2.05. The van der Waals surface area contributed by atoms with Gasteiger partial charge in [-0.25, -0.2) is 4.68 Å². The van der Waals surface area contributed by atoms with E-state index in [9.17, 15) is 4.79 Å². The molecule has 1 fully saturated rings. The van der Waals surface area contributed by atoms with E-state index in [-0.39, 0.29) is 5.56 Å². The smallest absolute Gasteiger partial charge is 0.282 e. The lowest BCUT2D eigenvalue weighted by Crippen LogP contribution is -2.44. The molecule has 1 aliphatic rings. The lowest BCUT2D eigenvalue weighted by Gasteiger charge is -2.29. The van der Waals surface area contributed by atoms with Crippen molar-refractivity contribution in [2.75, 3.05) is 31.1 Å². The number of hydrogen-bond acceptors (Lipinski definition) is 4. The molecule has 0 saturated carbocycles. The molecule has 15 heavy (non-hydrogen) atoms. The first-order valence-electron chi connectivity index (χ1n) is 4.87. The van der Waals surface area contributed by atoms with E-state index in [1.54, 1.807) is 13.2 Å². The Morgan fingerprint density at radius 2 is 2.13 bits per heavy atom. The summed E-state index contributed by atoms with van der Waals surface area (Å²) in [4.78, 5) is 13.8. The van der Waals surface area contributed by atoms with Crippen LogP contribution in [0.3, 0.4) is 0 Å². The Labute approximate surface area is 96.2 Å². The SMILES string of the molecule is Cn1ncc(N2CCNCC2)c(Br)c1=O. The number of nitrogens with one attached hydrogen (secondary N) is 1. The van der Waals surface area contributed by atoms with Crippen LogP contribution in [0, 0.1) is 0 Å². The first kappa shape index (κ1) is 10.6. The van der Waals surface area contributed by atoms with Crippen molar-refractivity contribution in [2.24, 2.45) is 7.05 Å². The van der Waals surface area contributed by atoms with Crippen molar-refractivity contribution >= 4 is 21.6 Å². The number of piperazine rings is 1. The van der Waals surface area contributed by atoms with Gasteiger partial charge in [0.15, 0.2) is 0 Å². The Bertz CT molecular complexity index is 411. The Hall–Kier alpha value is -0.880. The van der Waals surface area contributed by atoms with E-state index in [1.165, 1.54) is 4.68 Å². The van der Waals surface area contributed by atoms with Crippen LogP contribution in [0.5, 0.6) is 0 Å². The Kier molecular flexibility index (Phi) is 3.06. The Morgan fingerprint density at radius 3 is 2.80 bits per heavy atom. The molecule has 6 heteroatoms. The molecule has 0 radical (unpaired) electrons. The number of aryl methyl sites for hydroxylation is 1. The van der Waals surface area contributed by atoms with Gasteiger partial charge in [-0.3, -0.25) is 4.79 Å². The molecule has 2 rings (SSSR count). The van der Waals surface area contributed by atoms with Crippen molar-refractivity contribution in [2.45, 2.75) is 0 Å². The first-order chi connectivity index (χ1) is 7.20. The fourth-order valence-electron chi connectivity index (χ4n) is 1.63. The maximum Gasteiger partial charge on any atom is 0.282 e. The molecule has 0 amide bonds. The van der Waals surface area contributed by atoms with E-state index in [2.05, 4.69) is 31.2 Å². The summed E-state index contributed by atoms with van der Waals surface area (Å²) in [5.41, 5.74) is 0.797. The van der Waals surface area contributed by atoms with Crippen molar-refractivity contribution in [1.82, 2.24) is 15.1 Å². The lowest BCUT2D eigenvalue weighted by atomic mass is 10.3. The summed E-state index contributed by atoms with van der Waals surface area (Å²) in [5.74, 6) is 0. The quantitative estimate of drug-likeness (QED) is 0.779. The summed E-state index contributed by atoms with van der Waals surface area (Å²) in [6.07, 6.45) is 1.73. The summed E-state index contributed by atoms with van der Waals surface area (Å²) in [7, 11) is 1.65. The van der Waals surface area contributed by atoms with Crippen molar-refractivity contribution in [1.29, 1.82) is 0 Å². The monoisotopic (exact) mass is 272 g/mol. The molecule has 0 aliphatic carbocycles. The summed E-state index contributed by atoms with van der Waals surface area (Å²) in [6.45, 7) is 3.71. The largest absolute Gasteiger partial charge is 0.367 e. The van der Waals surface area contributed by atoms with Crippen LogP contribution in [0.2, 0.25) is 0 Å². The fourth-order valence-corrected chi connectivity index (χ4v) is 2.24. The average Bonchev–Trinajstić information content (AvgIpc) is 2.27. The van der Waals surface area contributed by atoms with E-state index in [4.69, 9.17) is 0 Å². The van der Waals surface area contributed by atoms with Crippen LogP contribution in [0.4, 0.5) is 5.69 Å². The van der Waals surface area contributed by atoms with Gasteiger partial charge in [-0.2, -0.15) is 5.10 Å². The first-order valence-corrected chi connectivity index (χ1v) is 5.67. The molecule has 82 valence electrons. The normalized spacial score (nSPS) is 16.8. The number of anilines is 1. The maximum absolute atomic E-state index is 11.6. The highest BCUT2D eigenvalue weighted by Crippen LogP contribution is 2.21. The molecule has 0 atom stereocenters. The number of halogens is 1. The molecular weight excluding hydrogens is 260 g/mol. The van der Waals surface area contributed by atoms with E-state index >= 15 is 0 Å². The van der Waals surface area contributed by atoms with Crippen molar-refractivity contribution in [3.8, 4) is 0 Å². The van der Waals surface area contributed by atoms with Gasteiger partial charge in [0.1, 0.15) is 4.47 Å². The van der Waals surface area contributed by atoms with E-state index in [1.807, 2.05) is 0 Å². The molecule has 1 N–H and O–H groups in total. The zero-order chi connectivity index (χ0) is 10.8. The van der Waals surface area contributed by atoms with Crippen LogP contribution >= 0.6 is 15.9 Å². The third-order valence-electron chi connectivity index (χ3n) is 2.52. The second-order valence-electron chi connectivity index (χ2n) is 3.51. The molecule has 1 aromatic rings. The molecule has 0 unspecified atom stereocenters. The van der Waals surface area contributed by atoms with Gasteiger partial charge in [0.25, 0.3) is 5.56 Å². The molecule has 1 saturated heterocycles. The zero-order valence-electron chi connectivity index (χ0n) is 8.53. The van der Waals surface area contributed by atoms with Gasteiger partial charge in [-0.15, -0.1) is 0 Å². The summed E-state index contributed by atoms with van der Waals surface area (Å²) >= 11 is 3.33. The second-order valence-corrected chi connectivity index (χ2v) is 4.30. The van der Waals surface area contributed by atoms with Gasteiger partial charge in [0.05, 0.1) is 11.9 Å². The zero-order valence-corrected chi connectivity index (χ0v) is 10.1. The number of hydrogen-bond donors (Lipinski definition) is 1. The minimum Gasteiger partial charge on any atom is -0.367 e. The molecular formula is C9H13BrN4O. The predicted octanol–water partition coefficient (Wildman–Crippen LogP) is -0.0476. The van der Waals surface area contributed by atoms with Gasteiger partial charge in [0, 0.05) is 33.2 Å². The summed E-state index contributed by atoms with van der Waals surface area (Å²) in [5, 5.41) is 7.30. The van der Waals surface area contributed by atoms with E-state index in [0.717, 1.165) is 31.9 Å². The summed E-state index contributed by atoms with van der Waals surface area (Å²) < 4.78 is 1.93. The highest BCUT2D eigenvalue weighted by Gasteiger charge is 2.15. The van der Waals surface area contributed by atoms with Gasteiger partial charge in [-0.05, 0) is 15.9 Å².